The molecule has 1 nitrogen and oxygen atoms in total. The van der Waals surface area contributed by atoms with Crippen molar-refractivity contribution in [3.8, 4) is 5.75 Å². The second kappa shape index (κ2) is 4.40. The van der Waals surface area contributed by atoms with Crippen molar-refractivity contribution < 1.29 is 9.13 Å². The van der Waals surface area contributed by atoms with Crippen molar-refractivity contribution in [3.63, 3.8) is 0 Å². The van der Waals surface area contributed by atoms with Gasteiger partial charge in [-0.2, -0.15) is 0 Å². The molecular formula is C12H14ClFO. The van der Waals surface area contributed by atoms with Crippen LogP contribution >= 0.6 is 11.6 Å². The lowest BCUT2D eigenvalue weighted by Crippen LogP contribution is -1.95. The lowest BCUT2D eigenvalue weighted by molar-refractivity contribution is 0.386. The van der Waals surface area contributed by atoms with Crippen LogP contribution < -0.4 is 4.74 Å². The zero-order valence-electron chi connectivity index (χ0n) is 8.67. The molecule has 1 fully saturated rings. The van der Waals surface area contributed by atoms with Crippen LogP contribution in [0.2, 0.25) is 0 Å². The van der Waals surface area contributed by atoms with E-state index < -0.39 is 0 Å². The molecule has 0 N–H and O–H groups in total. The van der Waals surface area contributed by atoms with E-state index in [0.717, 1.165) is 17.9 Å². The van der Waals surface area contributed by atoms with Crippen LogP contribution in [0.1, 0.15) is 30.2 Å². The van der Waals surface area contributed by atoms with Gasteiger partial charge in [-0.05, 0) is 30.0 Å². The van der Waals surface area contributed by atoms with Crippen LogP contribution in [0.25, 0.3) is 0 Å². The molecule has 0 aliphatic heterocycles. The highest BCUT2D eigenvalue weighted by molar-refractivity contribution is 6.20. The Bertz CT molecular complexity index is 349. The van der Waals surface area contributed by atoms with Gasteiger partial charge in [-0.3, -0.25) is 0 Å². The molecule has 1 saturated carbocycles. The molecule has 1 atom stereocenters. The fraction of sp³-hybridized carbons (Fsp3) is 0.500. The Labute approximate surface area is 94.2 Å². The fourth-order valence-corrected chi connectivity index (χ4v) is 2.05. The van der Waals surface area contributed by atoms with Crippen molar-refractivity contribution in [3.05, 3.63) is 29.6 Å². The summed E-state index contributed by atoms with van der Waals surface area (Å²) in [6, 6.07) is 4.94. The van der Waals surface area contributed by atoms with E-state index in [1.807, 2.05) is 6.07 Å². The summed E-state index contributed by atoms with van der Waals surface area (Å²) in [5.74, 6) is 0.683. The van der Waals surface area contributed by atoms with Gasteiger partial charge in [0, 0.05) is 0 Å². The van der Waals surface area contributed by atoms with Crippen LogP contribution in [0, 0.1) is 11.7 Å². The maximum absolute atomic E-state index is 13.4. The third-order valence-corrected chi connectivity index (χ3v) is 3.20. The lowest BCUT2D eigenvalue weighted by Gasteiger charge is -2.10. The zero-order chi connectivity index (χ0) is 10.8. The molecule has 0 bridgehead atoms. The minimum Gasteiger partial charge on any atom is -0.494 e. The van der Waals surface area contributed by atoms with Gasteiger partial charge in [-0.25, -0.2) is 4.39 Å². The molecule has 0 heterocycles. The van der Waals surface area contributed by atoms with Gasteiger partial charge in [0.15, 0.2) is 11.6 Å². The number of methoxy groups -OCH3 is 1. The maximum Gasteiger partial charge on any atom is 0.165 e. The SMILES string of the molecule is COc1ccc(C(Cl)CC2CC2)cc1F. The molecule has 0 saturated heterocycles. The number of ether oxygens (including phenoxy) is 1. The number of hydrogen-bond donors (Lipinski definition) is 0. The summed E-state index contributed by atoms with van der Waals surface area (Å²) in [6.07, 6.45) is 3.48. The largest absolute Gasteiger partial charge is 0.494 e. The standard InChI is InChI=1S/C12H14ClFO/c1-15-12-5-4-9(7-11(12)14)10(13)6-8-2-3-8/h4-5,7-8,10H,2-3,6H2,1H3. The number of rotatable bonds is 4. The number of alkyl halides is 1. The molecule has 2 rings (SSSR count). The molecule has 1 aromatic carbocycles. The van der Waals surface area contributed by atoms with E-state index in [4.69, 9.17) is 16.3 Å². The molecule has 1 aromatic rings. The Morgan fingerprint density at radius 2 is 2.27 bits per heavy atom. The average molecular weight is 229 g/mol. The fourth-order valence-electron chi connectivity index (χ4n) is 1.66. The summed E-state index contributed by atoms with van der Waals surface area (Å²) in [4.78, 5) is 0. The Morgan fingerprint density at radius 3 is 2.80 bits per heavy atom. The van der Waals surface area contributed by atoms with Crippen molar-refractivity contribution >= 4 is 11.6 Å². The van der Waals surface area contributed by atoms with Gasteiger partial charge in [0.05, 0.1) is 12.5 Å². The highest BCUT2D eigenvalue weighted by Gasteiger charge is 2.25. The van der Waals surface area contributed by atoms with Gasteiger partial charge in [0.1, 0.15) is 0 Å². The molecule has 1 unspecified atom stereocenters. The van der Waals surface area contributed by atoms with Crippen LogP contribution in [0.3, 0.4) is 0 Å². The predicted molar refractivity (Wildman–Crippen MR) is 58.9 cm³/mol. The summed E-state index contributed by atoms with van der Waals surface area (Å²) in [5, 5.41) is -0.0714. The van der Waals surface area contributed by atoms with Gasteiger partial charge in [0.2, 0.25) is 0 Å². The van der Waals surface area contributed by atoms with E-state index in [1.54, 1.807) is 6.07 Å². The van der Waals surface area contributed by atoms with Crippen molar-refractivity contribution in [1.82, 2.24) is 0 Å². The Balaban J connectivity index is 2.09. The summed E-state index contributed by atoms with van der Waals surface area (Å²) in [6.45, 7) is 0. The van der Waals surface area contributed by atoms with E-state index in [0.29, 0.717) is 0 Å². The molecule has 0 radical (unpaired) electrons. The quantitative estimate of drug-likeness (QED) is 0.710. The van der Waals surface area contributed by atoms with E-state index in [9.17, 15) is 4.39 Å². The molecular weight excluding hydrogens is 215 g/mol. The third kappa shape index (κ3) is 2.63. The molecule has 3 heteroatoms. The van der Waals surface area contributed by atoms with E-state index in [-0.39, 0.29) is 16.9 Å². The van der Waals surface area contributed by atoms with E-state index >= 15 is 0 Å². The number of hydrogen-bond acceptors (Lipinski definition) is 1. The Kier molecular flexibility index (Phi) is 3.15. The minimum absolute atomic E-state index is 0.0714. The van der Waals surface area contributed by atoms with Gasteiger partial charge in [-0.1, -0.05) is 18.9 Å². The van der Waals surface area contributed by atoms with E-state index in [2.05, 4.69) is 0 Å². The molecule has 82 valence electrons. The molecule has 1 aliphatic rings. The van der Waals surface area contributed by atoms with Gasteiger partial charge in [-0.15, -0.1) is 11.6 Å². The van der Waals surface area contributed by atoms with Crippen molar-refractivity contribution in [2.24, 2.45) is 5.92 Å². The smallest absolute Gasteiger partial charge is 0.165 e. The summed E-state index contributed by atoms with van der Waals surface area (Å²) < 4.78 is 18.2. The molecule has 0 amide bonds. The van der Waals surface area contributed by atoms with Crippen LogP contribution in [0.4, 0.5) is 4.39 Å². The van der Waals surface area contributed by atoms with Gasteiger partial charge < -0.3 is 4.74 Å². The van der Waals surface area contributed by atoms with Gasteiger partial charge >= 0.3 is 0 Å². The lowest BCUT2D eigenvalue weighted by atomic mass is 10.1. The van der Waals surface area contributed by atoms with Gasteiger partial charge in [0.25, 0.3) is 0 Å². The van der Waals surface area contributed by atoms with Crippen molar-refractivity contribution in [2.75, 3.05) is 7.11 Å². The number of benzene rings is 1. The first-order valence-electron chi connectivity index (χ1n) is 5.18. The Hall–Kier alpha value is -0.760. The van der Waals surface area contributed by atoms with E-state index in [1.165, 1.54) is 26.0 Å². The molecule has 0 aromatic heterocycles. The normalized spacial score (nSPS) is 17.5. The minimum atomic E-state index is -0.337. The molecule has 0 spiro atoms. The maximum atomic E-state index is 13.4. The molecule has 15 heavy (non-hydrogen) atoms. The summed E-state index contributed by atoms with van der Waals surface area (Å²) >= 11 is 6.20. The van der Waals surface area contributed by atoms with Crippen LogP contribution in [0.5, 0.6) is 5.75 Å². The summed E-state index contributed by atoms with van der Waals surface area (Å²) in [5.41, 5.74) is 0.849. The van der Waals surface area contributed by atoms with Crippen LogP contribution in [0.15, 0.2) is 18.2 Å². The monoisotopic (exact) mass is 228 g/mol. The third-order valence-electron chi connectivity index (χ3n) is 2.77. The van der Waals surface area contributed by atoms with Crippen LogP contribution in [-0.4, -0.2) is 7.11 Å². The zero-order valence-corrected chi connectivity index (χ0v) is 9.43. The highest BCUT2D eigenvalue weighted by atomic mass is 35.5. The highest BCUT2D eigenvalue weighted by Crippen LogP contribution is 2.40. The average Bonchev–Trinajstić information content (AvgIpc) is 3.01. The predicted octanol–water partition coefficient (Wildman–Crippen LogP) is 3.91. The van der Waals surface area contributed by atoms with Crippen molar-refractivity contribution in [1.29, 1.82) is 0 Å². The second-order valence-corrected chi connectivity index (χ2v) is 4.57. The van der Waals surface area contributed by atoms with Crippen LogP contribution in [-0.2, 0) is 0 Å². The topological polar surface area (TPSA) is 9.23 Å². The molecule has 1 aliphatic carbocycles. The Morgan fingerprint density at radius 1 is 1.53 bits per heavy atom. The van der Waals surface area contributed by atoms with Crippen molar-refractivity contribution in [2.45, 2.75) is 24.6 Å². The summed E-state index contributed by atoms with van der Waals surface area (Å²) in [7, 11) is 1.46. The first kappa shape index (κ1) is 10.7. The first-order valence-corrected chi connectivity index (χ1v) is 5.62. The number of halogens is 2. The second-order valence-electron chi connectivity index (χ2n) is 4.04. The first-order chi connectivity index (χ1) is 7.20.